The van der Waals surface area contributed by atoms with E-state index in [2.05, 4.69) is 0 Å². The largest absolute Gasteiger partial charge is 0.494 e. The molecule has 1 N–H and O–H groups in total. The molecule has 6 aromatic rings. The maximum atomic E-state index is 16.9. The van der Waals surface area contributed by atoms with Crippen LogP contribution < -0.4 is 9.47 Å². The molecule has 13 heteroatoms. The van der Waals surface area contributed by atoms with Gasteiger partial charge in [0.25, 0.3) is 0 Å². The van der Waals surface area contributed by atoms with Gasteiger partial charge in [-0.25, -0.2) is 0 Å². The molecule has 0 saturated carbocycles. The third-order valence-corrected chi connectivity index (χ3v) is 16.2. The van der Waals surface area contributed by atoms with Crippen LogP contribution in [-0.2, 0) is 10.8 Å². The molecule has 0 bridgehead atoms. The number of aliphatic hydroxyl groups is 1. The van der Waals surface area contributed by atoms with E-state index in [-0.39, 0.29) is 44.9 Å². The molecule has 0 saturated heterocycles. The quantitative estimate of drug-likeness (QED) is 0.0874. The molecule has 0 radical (unpaired) electrons. The molecule has 61 heavy (non-hydrogen) atoms. The van der Waals surface area contributed by atoms with Crippen molar-refractivity contribution in [1.29, 1.82) is 0 Å². The molecule has 0 unspecified atom stereocenters. The molecular weight excluding hydrogens is 867 g/mol. The van der Waals surface area contributed by atoms with Gasteiger partial charge in [0.2, 0.25) is 0 Å². The number of hydrogen-bond donors (Lipinski definition) is 1. The number of ether oxygens (including phenoxy) is 2. The minimum absolute atomic E-state index is 0.0720. The molecule has 4 heterocycles. The molecule has 0 amide bonds. The van der Waals surface area contributed by atoms with Gasteiger partial charge in [-0.1, -0.05) is 54.9 Å². The molecule has 0 fully saturated rings. The highest BCUT2D eigenvalue weighted by Crippen LogP contribution is 2.67. The van der Waals surface area contributed by atoms with Crippen molar-refractivity contribution in [2.45, 2.75) is 96.3 Å². The number of hydrogen-bond acceptors (Lipinski definition) is 7. The van der Waals surface area contributed by atoms with Gasteiger partial charge in [-0.2, -0.15) is 26.3 Å². The van der Waals surface area contributed by atoms with Crippen LogP contribution >= 0.6 is 45.3 Å². The third kappa shape index (κ3) is 8.62. The van der Waals surface area contributed by atoms with Crippen molar-refractivity contribution in [3.8, 4) is 51.9 Å². The first-order valence-corrected chi connectivity index (χ1v) is 23.4. The van der Waals surface area contributed by atoms with Gasteiger partial charge < -0.3 is 14.6 Å². The Morgan fingerprint density at radius 1 is 0.525 bits per heavy atom. The third-order valence-electron chi connectivity index (χ3n) is 10.4. The van der Waals surface area contributed by atoms with Crippen molar-refractivity contribution in [2.75, 3.05) is 19.8 Å². The van der Waals surface area contributed by atoms with Gasteiger partial charge >= 0.3 is 17.8 Å². The minimum Gasteiger partial charge on any atom is -0.494 e. The van der Waals surface area contributed by atoms with Gasteiger partial charge in [0.05, 0.1) is 13.2 Å². The zero-order valence-corrected chi connectivity index (χ0v) is 38.3. The molecule has 2 aromatic carbocycles. The predicted molar refractivity (Wildman–Crippen MR) is 243 cm³/mol. The first kappa shape index (κ1) is 45.2. The summed E-state index contributed by atoms with van der Waals surface area (Å²) in [7, 11) is 0. The maximum Gasteiger partial charge on any atom is 0.380 e. The predicted octanol–water partition coefficient (Wildman–Crippen LogP) is 16.0. The van der Waals surface area contributed by atoms with E-state index < -0.39 is 28.9 Å². The van der Waals surface area contributed by atoms with Crippen LogP contribution in [0.5, 0.6) is 11.5 Å². The van der Waals surface area contributed by atoms with Crippen molar-refractivity contribution in [2.24, 2.45) is 0 Å². The number of aliphatic hydroxyl groups excluding tert-OH is 1. The summed E-state index contributed by atoms with van der Waals surface area (Å²) in [6.45, 7) is 14.9. The molecule has 3 nitrogen and oxygen atoms in total. The highest BCUT2D eigenvalue weighted by Gasteiger charge is 2.80. The van der Waals surface area contributed by atoms with Crippen LogP contribution in [0.15, 0.2) is 84.9 Å². The second kappa shape index (κ2) is 17.0. The fourth-order valence-electron chi connectivity index (χ4n) is 7.00. The number of unbranched alkanes of at least 4 members (excludes halogenated alkanes) is 1. The first-order chi connectivity index (χ1) is 28.7. The zero-order valence-electron chi connectivity index (χ0n) is 35.0. The lowest BCUT2D eigenvalue weighted by atomic mass is 9.92. The van der Waals surface area contributed by atoms with E-state index in [0.29, 0.717) is 55.2 Å². The van der Waals surface area contributed by atoms with Gasteiger partial charge in [0.15, 0.2) is 0 Å². The summed E-state index contributed by atoms with van der Waals surface area (Å²) in [6, 6.07) is 23.4. The van der Waals surface area contributed by atoms with E-state index in [1.165, 1.54) is 34.8 Å². The van der Waals surface area contributed by atoms with Crippen LogP contribution in [0.2, 0.25) is 0 Å². The van der Waals surface area contributed by atoms with Gasteiger partial charge in [-0.15, -0.1) is 45.3 Å². The summed E-state index contributed by atoms with van der Waals surface area (Å²) >= 11 is 5.08. The highest BCUT2D eigenvalue weighted by molar-refractivity contribution is 7.24. The van der Waals surface area contributed by atoms with Gasteiger partial charge in [-0.3, -0.25) is 0 Å². The summed E-state index contributed by atoms with van der Waals surface area (Å²) in [5.74, 6) is -15.4. The SMILES string of the molecule is CCCCOc1ccc(-c2sc(-c3ccc(C(C)(C)C)s3)cc2C2=C(c3cc(-c4ccc(C(C)(C)C)s4)sc3-c3ccc(OCCCO)cc3)C(F)(F)C(F)(F)C2(F)F)cc1. The molecule has 0 spiro atoms. The number of rotatable bonds is 14. The van der Waals surface area contributed by atoms with Crippen molar-refractivity contribution in [1.82, 2.24) is 0 Å². The topological polar surface area (TPSA) is 38.7 Å². The van der Waals surface area contributed by atoms with Crippen molar-refractivity contribution >= 4 is 56.5 Å². The second-order valence-corrected chi connectivity index (χ2v) is 21.5. The summed E-state index contributed by atoms with van der Waals surface area (Å²) in [6.07, 6.45) is 2.13. The Morgan fingerprint density at radius 2 is 0.918 bits per heavy atom. The van der Waals surface area contributed by atoms with E-state index >= 15 is 26.3 Å². The molecule has 324 valence electrons. The van der Waals surface area contributed by atoms with Gasteiger partial charge in [0.1, 0.15) is 11.5 Å². The lowest BCUT2D eigenvalue weighted by Crippen LogP contribution is -2.48. The Hall–Kier alpha value is -3.88. The van der Waals surface area contributed by atoms with Gasteiger partial charge in [0, 0.05) is 74.3 Å². The molecular formula is C48H48F6O3S4. The van der Waals surface area contributed by atoms with Crippen LogP contribution in [0, 0.1) is 0 Å². The fraction of sp³-hybridized carbons (Fsp3) is 0.375. The first-order valence-electron chi connectivity index (χ1n) is 20.1. The standard InChI is InChI=1S/C48H48F6O3S4/c1-8-9-24-56-30-15-11-28(12-16-30)42-32(26-36(60-42)34-19-21-38(58-34)44(2,3)4)40-41(47(51,52)48(53,54)46(40,49)50)33-27-37(35-20-22-39(59-35)45(5,6)7)61-43(33)29-13-17-31(18-14-29)57-25-10-23-55/h11-22,26-27,55H,8-10,23-25H2,1-7H3. The van der Waals surface area contributed by atoms with Gasteiger partial charge in [-0.05, 0) is 113 Å². The van der Waals surface area contributed by atoms with E-state index in [9.17, 15) is 5.11 Å². The van der Waals surface area contributed by atoms with Crippen molar-refractivity contribution < 1.29 is 40.9 Å². The lowest BCUT2D eigenvalue weighted by molar-refractivity contribution is -0.254. The van der Waals surface area contributed by atoms with Crippen LogP contribution in [0.25, 0.3) is 51.5 Å². The second-order valence-electron chi connectivity index (χ2n) is 17.2. The Morgan fingerprint density at radius 3 is 1.26 bits per heavy atom. The molecule has 0 aliphatic heterocycles. The van der Waals surface area contributed by atoms with E-state index in [4.69, 9.17) is 9.47 Å². The number of allylic oxidation sites excluding steroid dienone is 2. The molecule has 1 aliphatic rings. The Balaban J connectivity index is 1.50. The fourth-order valence-corrected chi connectivity index (χ4v) is 11.6. The summed E-state index contributed by atoms with van der Waals surface area (Å²) in [5.41, 5.74) is -3.26. The Bertz CT molecular complexity index is 2340. The maximum absolute atomic E-state index is 16.9. The Kier molecular flexibility index (Phi) is 12.6. The van der Waals surface area contributed by atoms with Crippen molar-refractivity contribution in [3.05, 3.63) is 106 Å². The van der Waals surface area contributed by atoms with E-state index in [1.807, 2.05) is 72.7 Å². The number of halogens is 6. The van der Waals surface area contributed by atoms with Crippen LogP contribution in [-0.4, -0.2) is 42.7 Å². The minimum atomic E-state index is -5.77. The summed E-state index contributed by atoms with van der Waals surface area (Å²) in [4.78, 5) is 4.70. The molecule has 0 atom stereocenters. The number of benzene rings is 2. The van der Waals surface area contributed by atoms with Crippen LogP contribution in [0.4, 0.5) is 26.3 Å². The van der Waals surface area contributed by atoms with Crippen LogP contribution in [0.3, 0.4) is 0 Å². The number of alkyl halides is 6. The number of thiophene rings is 4. The molecule has 7 rings (SSSR count). The van der Waals surface area contributed by atoms with Crippen LogP contribution in [0.1, 0.15) is 88.6 Å². The average molecular weight is 915 g/mol. The lowest BCUT2D eigenvalue weighted by Gasteiger charge is -2.26. The smallest absolute Gasteiger partial charge is 0.380 e. The normalized spacial score (nSPS) is 16.1. The summed E-state index contributed by atoms with van der Waals surface area (Å²) in [5, 5.41) is 9.20. The summed E-state index contributed by atoms with van der Waals surface area (Å²) < 4.78 is 111. The van der Waals surface area contributed by atoms with Crippen molar-refractivity contribution in [3.63, 3.8) is 0 Å². The zero-order chi connectivity index (χ0) is 44.1. The monoisotopic (exact) mass is 914 g/mol. The molecule has 4 aromatic heterocycles. The highest BCUT2D eigenvalue weighted by atomic mass is 32.1. The van der Waals surface area contributed by atoms with E-state index in [0.717, 1.165) is 45.3 Å². The Labute approximate surface area is 369 Å². The van der Waals surface area contributed by atoms with E-state index in [1.54, 1.807) is 48.5 Å². The average Bonchev–Trinajstić information content (AvgIpc) is 4.03. The molecule has 1 aliphatic carbocycles.